The molecule has 6 nitrogen and oxygen atoms in total. The Morgan fingerprint density at radius 3 is 2.85 bits per heavy atom. The van der Waals surface area contributed by atoms with Crippen LogP contribution in [0.25, 0.3) is 10.2 Å². The fourth-order valence-electron chi connectivity index (χ4n) is 2.96. The number of hydrogen-bond acceptors (Lipinski definition) is 6. The van der Waals surface area contributed by atoms with Crippen molar-refractivity contribution < 1.29 is 9.53 Å². The lowest BCUT2D eigenvalue weighted by molar-refractivity contribution is 0.0531. The molecule has 3 aromatic rings. The van der Waals surface area contributed by atoms with Gasteiger partial charge in [0.15, 0.2) is 0 Å². The summed E-state index contributed by atoms with van der Waals surface area (Å²) < 4.78 is 5.08. The Hall–Kier alpha value is -2.67. The molecule has 2 heterocycles. The van der Waals surface area contributed by atoms with Crippen molar-refractivity contribution in [1.29, 1.82) is 0 Å². The quantitative estimate of drug-likeness (QED) is 0.621. The first-order valence-electron chi connectivity index (χ1n) is 9.00. The zero-order valence-corrected chi connectivity index (χ0v) is 16.7. The maximum Gasteiger partial charge on any atom is 0.348 e. The van der Waals surface area contributed by atoms with E-state index < -0.39 is 5.97 Å². The number of ether oxygens (including phenoxy) is 1. The number of carbonyl (C=O) groups is 1. The molecule has 2 aromatic heterocycles. The fraction of sp³-hybridized carbons (Fsp3) is 0.350. The van der Waals surface area contributed by atoms with Crippen LogP contribution in [0.15, 0.2) is 29.1 Å². The van der Waals surface area contributed by atoms with Crippen molar-refractivity contribution in [2.45, 2.75) is 40.2 Å². The molecule has 0 aliphatic carbocycles. The van der Waals surface area contributed by atoms with Crippen LogP contribution in [0.4, 0.5) is 5.69 Å². The van der Waals surface area contributed by atoms with Gasteiger partial charge in [0.1, 0.15) is 15.5 Å². The molecule has 1 atom stereocenters. The number of thiophene rings is 1. The Balaban J connectivity index is 1.95. The van der Waals surface area contributed by atoms with Gasteiger partial charge in [-0.25, -0.2) is 9.78 Å². The Morgan fingerprint density at radius 1 is 1.37 bits per heavy atom. The molecule has 0 aliphatic rings. The van der Waals surface area contributed by atoms with E-state index >= 15 is 0 Å². The lowest BCUT2D eigenvalue weighted by Gasteiger charge is -2.15. The van der Waals surface area contributed by atoms with Crippen LogP contribution < -0.4 is 10.9 Å². The largest absolute Gasteiger partial charge is 0.462 e. The summed E-state index contributed by atoms with van der Waals surface area (Å²) in [6, 6.07) is 7.96. The van der Waals surface area contributed by atoms with E-state index in [9.17, 15) is 9.59 Å². The van der Waals surface area contributed by atoms with Crippen LogP contribution in [-0.4, -0.2) is 22.5 Å². The fourth-order valence-corrected chi connectivity index (χ4v) is 4.04. The number of aromatic nitrogens is 2. The molecule has 2 N–H and O–H groups in total. The first-order valence-corrected chi connectivity index (χ1v) is 9.82. The van der Waals surface area contributed by atoms with Crippen molar-refractivity contribution >= 4 is 33.2 Å². The SMILES string of the molecule is CCOC(=O)c1sc2nc([C@H](C)Nc3cccc(CC)c3)[nH]c(=O)c2c1C. The summed E-state index contributed by atoms with van der Waals surface area (Å²) in [5, 5.41) is 3.82. The third-order valence-electron chi connectivity index (χ3n) is 4.41. The van der Waals surface area contributed by atoms with Crippen LogP contribution in [0, 0.1) is 6.92 Å². The molecule has 0 radical (unpaired) electrons. The number of nitrogens with one attached hydrogen (secondary N) is 2. The minimum absolute atomic E-state index is 0.192. The van der Waals surface area contributed by atoms with Crippen molar-refractivity contribution in [3.05, 3.63) is 56.4 Å². The number of carbonyl (C=O) groups excluding carboxylic acids is 1. The van der Waals surface area contributed by atoms with Gasteiger partial charge in [0.25, 0.3) is 5.56 Å². The van der Waals surface area contributed by atoms with E-state index in [4.69, 9.17) is 4.74 Å². The highest BCUT2D eigenvalue weighted by atomic mass is 32.1. The van der Waals surface area contributed by atoms with Gasteiger partial charge in [-0.2, -0.15) is 0 Å². The molecule has 142 valence electrons. The topological polar surface area (TPSA) is 84.1 Å². The highest BCUT2D eigenvalue weighted by Crippen LogP contribution is 2.28. The summed E-state index contributed by atoms with van der Waals surface area (Å²) in [5.74, 6) is 0.118. The lowest BCUT2D eigenvalue weighted by Crippen LogP contribution is -2.17. The molecule has 0 spiro atoms. The number of aromatic amines is 1. The van der Waals surface area contributed by atoms with Crippen LogP contribution in [0.5, 0.6) is 0 Å². The summed E-state index contributed by atoms with van der Waals surface area (Å²) in [4.78, 5) is 33.1. The second kappa shape index (κ2) is 7.92. The van der Waals surface area contributed by atoms with E-state index in [0.29, 0.717) is 33.1 Å². The second-order valence-electron chi connectivity index (χ2n) is 6.33. The number of fused-ring (bicyclic) bond motifs is 1. The van der Waals surface area contributed by atoms with Gasteiger partial charge < -0.3 is 15.0 Å². The highest BCUT2D eigenvalue weighted by Gasteiger charge is 2.21. The summed E-state index contributed by atoms with van der Waals surface area (Å²) in [6.45, 7) is 7.84. The zero-order valence-electron chi connectivity index (χ0n) is 15.9. The van der Waals surface area contributed by atoms with Gasteiger partial charge in [-0.1, -0.05) is 19.1 Å². The van der Waals surface area contributed by atoms with E-state index in [-0.39, 0.29) is 11.6 Å². The van der Waals surface area contributed by atoms with Gasteiger partial charge in [-0.15, -0.1) is 11.3 Å². The number of esters is 1. The Kier molecular flexibility index (Phi) is 5.60. The van der Waals surface area contributed by atoms with E-state index in [1.165, 1.54) is 16.9 Å². The van der Waals surface area contributed by atoms with Gasteiger partial charge in [-0.05, 0) is 50.5 Å². The summed E-state index contributed by atoms with van der Waals surface area (Å²) in [6.07, 6.45) is 0.954. The number of rotatable bonds is 6. The molecular formula is C20H23N3O3S. The van der Waals surface area contributed by atoms with Crippen molar-refractivity contribution in [2.75, 3.05) is 11.9 Å². The summed E-state index contributed by atoms with van der Waals surface area (Å²) >= 11 is 1.20. The predicted molar refractivity (Wildman–Crippen MR) is 109 cm³/mol. The van der Waals surface area contributed by atoms with Crippen LogP contribution in [0.1, 0.15) is 53.4 Å². The van der Waals surface area contributed by atoms with E-state index in [1.807, 2.05) is 19.1 Å². The van der Waals surface area contributed by atoms with Crippen molar-refractivity contribution in [2.24, 2.45) is 0 Å². The van der Waals surface area contributed by atoms with Crippen LogP contribution in [-0.2, 0) is 11.2 Å². The maximum atomic E-state index is 12.6. The average molecular weight is 385 g/mol. The van der Waals surface area contributed by atoms with Gasteiger partial charge >= 0.3 is 5.97 Å². The van der Waals surface area contributed by atoms with Crippen LogP contribution in [0.2, 0.25) is 0 Å². The van der Waals surface area contributed by atoms with E-state index in [1.54, 1.807) is 13.8 Å². The first-order chi connectivity index (χ1) is 12.9. The van der Waals surface area contributed by atoms with Gasteiger partial charge in [0, 0.05) is 5.69 Å². The van der Waals surface area contributed by atoms with E-state index in [2.05, 4.69) is 34.3 Å². The number of hydrogen-bond donors (Lipinski definition) is 2. The minimum atomic E-state index is -0.415. The smallest absolute Gasteiger partial charge is 0.348 e. The third kappa shape index (κ3) is 3.88. The van der Waals surface area contributed by atoms with Gasteiger partial charge in [0.05, 0.1) is 18.0 Å². The molecule has 0 aliphatic heterocycles. The van der Waals surface area contributed by atoms with Gasteiger partial charge in [-0.3, -0.25) is 4.79 Å². The predicted octanol–water partition coefficient (Wildman–Crippen LogP) is 4.21. The number of benzene rings is 1. The standard InChI is InChI=1S/C20H23N3O3S/c1-5-13-8-7-9-14(10-13)21-12(4)17-22-18(24)15-11(3)16(20(25)26-6-2)27-19(15)23-17/h7-10,12,21H,5-6H2,1-4H3,(H,22,23,24)/t12-/m0/s1. The van der Waals surface area contributed by atoms with Gasteiger partial charge in [0.2, 0.25) is 0 Å². The molecule has 0 amide bonds. The lowest BCUT2D eigenvalue weighted by atomic mass is 10.1. The third-order valence-corrected chi connectivity index (χ3v) is 5.57. The van der Waals surface area contributed by atoms with Crippen LogP contribution >= 0.6 is 11.3 Å². The average Bonchev–Trinajstić information content (AvgIpc) is 2.99. The second-order valence-corrected chi connectivity index (χ2v) is 7.33. The Labute approximate surface area is 161 Å². The molecule has 7 heteroatoms. The monoisotopic (exact) mass is 385 g/mol. The maximum absolute atomic E-state index is 12.6. The molecule has 3 rings (SSSR count). The van der Waals surface area contributed by atoms with E-state index in [0.717, 1.165) is 12.1 Å². The molecule has 1 aromatic carbocycles. The van der Waals surface area contributed by atoms with Crippen molar-refractivity contribution in [3.8, 4) is 0 Å². The first kappa shape index (κ1) is 19.1. The number of aryl methyl sites for hydroxylation is 2. The number of nitrogens with zero attached hydrogens (tertiary/aromatic N) is 1. The van der Waals surface area contributed by atoms with Crippen LogP contribution in [0.3, 0.4) is 0 Å². The normalized spacial score (nSPS) is 12.1. The number of H-pyrrole nitrogens is 1. The Bertz CT molecular complexity index is 1040. The molecule has 0 fully saturated rings. The highest BCUT2D eigenvalue weighted by molar-refractivity contribution is 7.20. The summed E-state index contributed by atoms with van der Waals surface area (Å²) in [5.41, 5.74) is 2.58. The van der Waals surface area contributed by atoms with Crippen molar-refractivity contribution in [3.63, 3.8) is 0 Å². The molecule has 0 saturated carbocycles. The molecule has 0 saturated heterocycles. The Morgan fingerprint density at radius 2 is 2.15 bits per heavy atom. The zero-order chi connectivity index (χ0) is 19.6. The molecule has 0 bridgehead atoms. The summed E-state index contributed by atoms with van der Waals surface area (Å²) in [7, 11) is 0. The number of anilines is 1. The molecule has 0 unspecified atom stereocenters. The van der Waals surface area contributed by atoms with Crippen molar-refractivity contribution in [1.82, 2.24) is 9.97 Å². The molecule has 27 heavy (non-hydrogen) atoms. The minimum Gasteiger partial charge on any atom is -0.462 e. The molecular weight excluding hydrogens is 362 g/mol.